The summed E-state index contributed by atoms with van der Waals surface area (Å²) in [4.78, 5) is 48.2. The molecule has 7 nitrogen and oxygen atoms in total. The Morgan fingerprint density at radius 2 is 1.71 bits per heavy atom. The maximum atomic E-state index is 12.0. The average molecular weight is 441 g/mol. The van der Waals surface area contributed by atoms with E-state index in [1.54, 1.807) is 0 Å². The molecule has 2 N–H and O–H groups in total. The predicted octanol–water partition coefficient (Wildman–Crippen LogP) is 3.19. The minimum absolute atomic E-state index is 0.0662. The molecule has 0 aromatic rings. The molecule has 0 spiro atoms. The maximum Gasteiger partial charge on any atom is 0.233 e. The summed E-state index contributed by atoms with van der Waals surface area (Å²) in [5, 5.41) is 11.5. The first-order valence-electron chi connectivity index (χ1n) is 11.5. The fraction of sp³-hybridized carbons (Fsp3) is 0.833. The van der Waals surface area contributed by atoms with Crippen molar-refractivity contribution in [1.29, 1.82) is 0 Å². The molecule has 1 unspecified atom stereocenters. The van der Waals surface area contributed by atoms with Gasteiger partial charge in [-0.05, 0) is 24.7 Å². The predicted molar refractivity (Wildman–Crippen MR) is 122 cm³/mol. The molecule has 0 saturated carbocycles. The minimum Gasteiger partial charge on any atom is -0.396 e. The fourth-order valence-corrected chi connectivity index (χ4v) is 3.45. The van der Waals surface area contributed by atoms with E-state index in [9.17, 15) is 19.2 Å². The molecule has 0 aromatic heterocycles. The number of likely N-dealkylation sites (tertiary alicyclic amines) is 1. The average Bonchev–Trinajstić information content (AvgIpc) is 2.93. The van der Waals surface area contributed by atoms with E-state index in [4.69, 9.17) is 5.11 Å². The number of nitrogens with one attached hydrogen (secondary N) is 1. The highest BCUT2D eigenvalue weighted by Crippen LogP contribution is 2.26. The van der Waals surface area contributed by atoms with Gasteiger partial charge in [0.15, 0.2) is 0 Å². The Hall–Kier alpha value is -1.76. The molecule has 1 fully saturated rings. The third kappa shape index (κ3) is 10.4. The zero-order valence-corrected chi connectivity index (χ0v) is 20.8. The lowest BCUT2D eigenvalue weighted by atomic mass is 9.80. The van der Waals surface area contributed by atoms with Crippen LogP contribution >= 0.6 is 0 Å². The first-order chi connectivity index (χ1) is 14.2. The van der Waals surface area contributed by atoms with Crippen molar-refractivity contribution < 1.29 is 24.3 Å². The van der Waals surface area contributed by atoms with Crippen LogP contribution in [-0.4, -0.2) is 53.2 Å². The molecule has 1 rings (SSSR count). The number of aliphatic hydroxyl groups excluding tert-OH is 1. The van der Waals surface area contributed by atoms with Gasteiger partial charge in [0, 0.05) is 49.8 Å². The molecule has 31 heavy (non-hydrogen) atoms. The van der Waals surface area contributed by atoms with Crippen LogP contribution in [0.4, 0.5) is 0 Å². The van der Waals surface area contributed by atoms with E-state index in [1.165, 1.54) is 4.90 Å². The molecule has 3 amide bonds. The van der Waals surface area contributed by atoms with Gasteiger partial charge in [0.1, 0.15) is 5.78 Å². The second kappa shape index (κ2) is 13.6. The van der Waals surface area contributed by atoms with Crippen molar-refractivity contribution in [2.75, 3.05) is 19.7 Å². The molecule has 1 atom stereocenters. The van der Waals surface area contributed by atoms with Crippen molar-refractivity contribution >= 4 is 23.5 Å². The summed E-state index contributed by atoms with van der Waals surface area (Å²) in [5.41, 5.74) is -0.358. The van der Waals surface area contributed by atoms with Crippen LogP contribution in [0.25, 0.3) is 0 Å². The second-order valence-electron chi connectivity index (χ2n) is 10.1. The zero-order valence-electron chi connectivity index (χ0n) is 20.8. The number of nitrogens with zero attached hydrogens (tertiary/aromatic N) is 1. The lowest BCUT2D eigenvalue weighted by molar-refractivity contribution is -0.140. The molecule has 1 heterocycles. The van der Waals surface area contributed by atoms with Crippen molar-refractivity contribution in [3.63, 3.8) is 0 Å². The van der Waals surface area contributed by atoms with Gasteiger partial charge in [0.2, 0.25) is 17.7 Å². The Kier molecular flexibility index (Phi) is 12.8. The Morgan fingerprint density at radius 1 is 1.13 bits per heavy atom. The van der Waals surface area contributed by atoms with Gasteiger partial charge in [-0.1, -0.05) is 55.4 Å². The number of hydrogen-bond donors (Lipinski definition) is 2. The smallest absolute Gasteiger partial charge is 0.233 e. The van der Waals surface area contributed by atoms with Gasteiger partial charge < -0.3 is 10.4 Å². The number of aliphatic hydroxyl groups is 1. The Balaban J connectivity index is 0.000000695. The molecule has 1 aliphatic heterocycles. The highest BCUT2D eigenvalue weighted by Gasteiger charge is 2.39. The van der Waals surface area contributed by atoms with Crippen molar-refractivity contribution in [2.45, 2.75) is 81.1 Å². The number of hydrogen-bond acceptors (Lipinski definition) is 5. The lowest BCUT2D eigenvalue weighted by Gasteiger charge is -2.23. The van der Waals surface area contributed by atoms with Crippen LogP contribution in [0.3, 0.4) is 0 Å². The van der Waals surface area contributed by atoms with Gasteiger partial charge in [0.25, 0.3) is 0 Å². The number of amides is 3. The van der Waals surface area contributed by atoms with Crippen molar-refractivity contribution in [1.82, 2.24) is 10.2 Å². The number of carbonyl (C=O) groups is 4. The number of Topliss-reactive ketones (excluding diaryl/α,β-unsaturated/α-hetero) is 1. The molecule has 7 heteroatoms. The molecule has 0 aliphatic carbocycles. The highest BCUT2D eigenvalue weighted by atomic mass is 16.3. The maximum absolute atomic E-state index is 12.0. The summed E-state index contributed by atoms with van der Waals surface area (Å²) < 4.78 is 0. The van der Waals surface area contributed by atoms with Crippen molar-refractivity contribution in [2.24, 2.45) is 29.1 Å². The normalized spacial score (nSPS) is 16.8. The largest absolute Gasteiger partial charge is 0.396 e. The first-order valence-corrected chi connectivity index (χ1v) is 11.5. The van der Waals surface area contributed by atoms with Crippen molar-refractivity contribution in [3.8, 4) is 0 Å². The van der Waals surface area contributed by atoms with E-state index < -0.39 is 0 Å². The van der Waals surface area contributed by atoms with E-state index in [-0.39, 0.29) is 72.7 Å². The number of rotatable bonds is 11. The topological polar surface area (TPSA) is 104 Å². The Bertz CT molecular complexity index is 611. The molecule has 0 bridgehead atoms. The third-order valence-corrected chi connectivity index (χ3v) is 5.62. The molecular formula is C24H44N2O5. The van der Waals surface area contributed by atoms with Gasteiger partial charge in [-0.2, -0.15) is 0 Å². The summed E-state index contributed by atoms with van der Waals surface area (Å²) in [6.45, 7) is 16.6. The first kappa shape index (κ1) is 29.2. The molecule has 1 aliphatic rings. The second-order valence-corrected chi connectivity index (χ2v) is 10.1. The summed E-state index contributed by atoms with van der Waals surface area (Å²) in [5.74, 6) is 0.415. The highest BCUT2D eigenvalue weighted by molar-refractivity contribution is 6.03. The summed E-state index contributed by atoms with van der Waals surface area (Å²) in [6.07, 6.45) is 1.97. The van der Waals surface area contributed by atoms with Crippen molar-refractivity contribution in [3.05, 3.63) is 0 Å². The third-order valence-electron chi connectivity index (χ3n) is 5.62. The van der Waals surface area contributed by atoms with Crippen LogP contribution in [0.1, 0.15) is 81.1 Å². The van der Waals surface area contributed by atoms with E-state index in [0.29, 0.717) is 18.9 Å². The Morgan fingerprint density at radius 3 is 2.13 bits per heavy atom. The van der Waals surface area contributed by atoms with Gasteiger partial charge in [-0.15, -0.1) is 0 Å². The standard InChI is InChI=1S/C15H26N2O3.C9H18O2/c1-10(2)5-7-16-13(18)6-8-17-14(19)9-12(11(3)4)15(17)20;1-7(2)8(11)9(3,4)5-6-10/h10-12H,5-9H2,1-4H3,(H,16,18);7,10H,5-6H2,1-4H3. The minimum atomic E-state index is -0.358. The summed E-state index contributed by atoms with van der Waals surface area (Å²) in [6, 6.07) is 0. The monoisotopic (exact) mass is 440 g/mol. The lowest BCUT2D eigenvalue weighted by Crippen LogP contribution is -2.36. The Labute approximate surface area is 188 Å². The van der Waals surface area contributed by atoms with Gasteiger partial charge >= 0.3 is 0 Å². The van der Waals surface area contributed by atoms with E-state index >= 15 is 0 Å². The molecular weight excluding hydrogens is 396 g/mol. The zero-order chi connectivity index (χ0) is 24.4. The SMILES string of the molecule is CC(C)C(=O)C(C)(C)CCO.CC(C)CCNC(=O)CCN1C(=O)CC(C(C)C)C1=O. The molecule has 0 aromatic carbocycles. The van der Waals surface area contributed by atoms with Crippen LogP contribution in [0.2, 0.25) is 0 Å². The molecule has 1 saturated heterocycles. The van der Waals surface area contributed by atoms with Crippen LogP contribution < -0.4 is 5.32 Å². The van der Waals surface area contributed by atoms with Gasteiger partial charge in [-0.3, -0.25) is 24.1 Å². The molecule has 0 radical (unpaired) electrons. The van der Waals surface area contributed by atoms with Crippen LogP contribution in [0.5, 0.6) is 0 Å². The quantitative estimate of drug-likeness (QED) is 0.480. The number of imide groups is 1. The molecule has 180 valence electrons. The van der Waals surface area contributed by atoms with E-state index in [2.05, 4.69) is 19.2 Å². The summed E-state index contributed by atoms with van der Waals surface area (Å²) >= 11 is 0. The van der Waals surface area contributed by atoms with Crippen LogP contribution in [0, 0.1) is 29.1 Å². The van der Waals surface area contributed by atoms with Crippen LogP contribution in [-0.2, 0) is 19.2 Å². The van der Waals surface area contributed by atoms with Gasteiger partial charge in [0.05, 0.1) is 0 Å². The summed E-state index contributed by atoms with van der Waals surface area (Å²) in [7, 11) is 0. The number of carbonyl (C=O) groups excluding carboxylic acids is 4. The number of ketones is 1. The van der Waals surface area contributed by atoms with E-state index in [0.717, 1.165) is 6.42 Å². The van der Waals surface area contributed by atoms with Gasteiger partial charge in [-0.25, -0.2) is 0 Å². The van der Waals surface area contributed by atoms with Crippen LogP contribution in [0.15, 0.2) is 0 Å². The fourth-order valence-electron chi connectivity index (χ4n) is 3.45. The van der Waals surface area contributed by atoms with E-state index in [1.807, 2.05) is 41.5 Å².